The average molecular weight is 337 g/mol. The van der Waals surface area contributed by atoms with Crippen molar-refractivity contribution in [1.29, 1.82) is 0 Å². The van der Waals surface area contributed by atoms with E-state index in [-0.39, 0.29) is 11.2 Å². The third-order valence-corrected chi connectivity index (χ3v) is 5.61. The predicted molar refractivity (Wildman–Crippen MR) is 92.4 cm³/mol. The Morgan fingerprint density at radius 1 is 1.16 bits per heavy atom. The molecule has 4 nitrogen and oxygen atoms in total. The molecule has 0 saturated carbocycles. The number of halogens is 1. The van der Waals surface area contributed by atoms with Crippen molar-refractivity contribution in [2.24, 2.45) is 5.41 Å². The molecule has 25 heavy (non-hydrogen) atoms. The van der Waals surface area contributed by atoms with Gasteiger partial charge in [-0.05, 0) is 48.9 Å². The van der Waals surface area contributed by atoms with Crippen LogP contribution in [-0.2, 0) is 19.5 Å². The molecule has 5 heteroatoms. The molecule has 0 radical (unpaired) electrons. The van der Waals surface area contributed by atoms with Gasteiger partial charge in [0.25, 0.3) is 0 Å². The average Bonchev–Trinajstić information content (AvgIpc) is 3.36. The Hall–Kier alpha value is -2.40. The van der Waals surface area contributed by atoms with E-state index in [1.807, 2.05) is 30.7 Å². The van der Waals surface area contributed by atoms with E-state index in [0.717, 1.165) is 49.7 Å². The lowest BCUT2D eigenvalue weighted by molar-refractivity contribution is 0.247. The molecule has 2 aromatic heterocycles. The Morgan fingerprint density at radius 2 is 2.04 bits per heavy atom. The lowest BCUT2D eigenvalue weighted by atomic mass is 9.86. The van der Waals surface area contributed by atoms with E-state index >= 15 is 0 Å². The Kier molecular flexibility index (Phi) is 3.31. The molecule has 0 unspecified atom stereocenters. The highest BCUT2D eigenvalue weighted by Crippen LogP contribution is 2.42. The third-order valence-electron chi connectivity index (χ3n) is 5.61. The Bertz CT molecular complexity index is 884. The number of benzene rings is 1. The number of nitrogens with zero attached hydrogens (tertiary/aromatic N) is 3. The molecule has 128 valence electrons. The van der Waals surface area contributed by atoms with Crippen molar-refractivity contribution in [2.45, 2.75) is 25.9 Å². The van der Waals surface area contributed by atoms with Crippen LogP contribution < -0.4 is 0 Å². The van der Waals surface area contributed by atoms with Crippen LogP contribution in [0.4, 0.5) is 4.39 Å². The van der Waals surface area contributed by atoms with Gasteiger partial charge in [-0.25, -0.2) is 9.37 Å². The van der Waals surface area contributed by atoms with Gasteiger partial charge >= 0.3 is 0 Å². The monoisotopic (exact) mass is 337 g/mol. The van der Waals surface area contributed by atoms with E-state index in [1.54, 1.807) is 6.26 Å². The minimum atomic E-state index is -0.202. The summed E-state index contributed by atoms with van der Waals surface area (Å²) in [6.45, 7) is 4.15. The first-order chi connectivity index (χ1) is 12.2. The van der Waals surface area contributed by atoms with Crippen LogP contribution in [0, 0.1) is 11.2 Å². The van der Waals surface area contributed by atoms with Crippen molar-refractivity contribution in [2.75, 3.05) is 13.1 Å². The molecule has 0 amide bonds. The van der Waals surface area contributed by atoms with Crippen LogP contribution in [0.1, 0.15) is 17.8 Å². The first kappa shape index (κ1) is 14.9. The molecule has 1 aromatic carbocycles. The smallest absolute Gasteiger partial charge is 0.123 e. The molecule has 1 spiro atoms. The van der Waals surface area contributed by atoms with Gasteiger partial charge in [0, 0.05) is 37.0 Å². The molecule has 0 bridgehead atoms. The van der Waals surface area contributed by atoms with Crippen LogP contribution in [0.15, 0.2) is 53.5 Å². The summed E-state index contributed by atoms with van der Waals surface area (Å²) < 4.78 is 20.7. The maximum absolute atomic E-state index is 13.2. The second kappa shape index (κ2) is 5.56. The molecule has 2 aliphatic heterocycles. The Labute approximate surface area is 145 Å². The Morgan fingerprint density at radius 3 is 2.84 bits per heavy atom. The minimum absolute atomic E-state index is 0.202. The molecule has 1 saturated heterocycles. The minimum Gasteiger partial charge on any atom is -0.472 e. The summed E-state index contributed by atoms with van der Waals surface area (Å²) in [5.41, 5.74) is 3.65. The van der Waals surface area contributed by atoms with Crippen molar-refractivity contribution < 1.29 is 8.81 Å². The lowest BCUT2D eigenvalue weighted by Crippen LogP contribution is -2.28. The fraction of sp³-hybridized carbons (Fsp3) is 0.350. The molecular formula is C20H20FN3O. The number of hydrogen-bond acceptors (Lipinski definition) is 3. The van der Waals surface area contributed by atoms with Gasteiger partial charge in [-0.15, -0.1) is 0 Å². The molecule has 5 rings (SSSR count). The van der Waals surface area contributed by atoms with E-state index in [0.29, 0.717) is 0 Å². The lowest BCUT2D eigenvalue weighted by Gasteiger charge is -2.23. The maximum Gasteiger partial charge on any atom is 0.123 e. The fourth-order valence-corrected chi connectivity index (χ4v) is 4.39. The summed E-state index contributed by atoms with van der Waals surface area (Å²) >= 11 is 0. The molecule has 1 atom stereocenters. The van der Waals surface area contributed by atoms with Gasteiger partial charge in [-0.2, -0.15) is 0 Å². The summed E-state index contributed by atoms with van der Waals surface area (Å²) in [7, 11) is 0. The van der Waals surface area contributed by atoms with E-state index in [2.05, 4.69) is 14.5 Å². The number of hydrogen-bond donors (Lipinski definition) is 0. The molecule has 2 aliphatic rings. The van der Waals surface area contributed by atoms with Gasteiger partial charge in [0.15, 0.2) is 0 Å². The second-order valence-corrected chi connectivity index (χ2v) is 7.42. The summed E-state index contributed by atoms with van der Waals surface area (Å²) in [5.74, 6) is 0.955. The Balaban J connectivity index is 1.36. The van der Waals surface area contributed by atoms with E-state index < -0.39 is 0 Å². The van der Waals surface area contributed by atoms with Gasteiger partial charge in [0.1, 0.15) is 11.6 Å². The highest BCUT2D eigenvalue weighted by molar-refractivity contribution is 5.59. The first-order valence-electron chi connectivity index (χ1n) is 8.75. The maximum atomic E-state index is 13.2. The highest BCUT2D eigenvalue weighted by atomic mass is 19.1. The summed E-state index contributed by atoms with van der Waals surface area (Å²) in [6.07, 6.45) is 7.71. The fourth-order valence-electron chi connectivity index (χ4n) is 4.39. The van der Waals surface area contributed by atoms with Crippen molar-refractivity contribution in [3.63, 3.8) is 0 Å². The number of likely N-dealkylation sites (tertiary alicyclic amines) is 1. The van der Waals surface area contributed by atoms with Crippen LogP contribution in [0.25, 0.3) is 11.3 Å². The highest BCUT2D eigenvalue weighted by Gasteiger charge is 2.44. The zero-order valence-corrected chi connectivity index (χ0v) is 14.0. The third kappa shape index (κ3) is 2.59. The van der Waals surface area contributed by atoms with Crippen LogP contribution in [0.3, 0.4) is 0 Å². The molecule has 0 aliphatic carbocycles. The SMILES string of the molecule is Fc1ccc(-c2cnc3n2C[C@@]2(CCN(Cc4ccoc4)C2)C3)cc1. The summed E-state index contributed by atoms with van der Waals surface area (Å²) in [5, 5.41) is 0. The topological polar surface area (TPSA) is 34.2 Å². The van der Waals surface area contributed by atoms with Gasteiger partial charge in [0.2, 0.25) is 0 Å². The largest absolute Gasteiger partial charge is 0.472 e. The summed E-state index contributed by atoms with van der Waals surface area (Å²) in [6, 6.07) is 8.75. The van der Waals surface area contributed by atoms with Crippen molar-refractivity contribution in [3.05, 3.63) is 66.3 Å². The number of imidazole rings is 1. The normalized spacial score (nSPS) is 22.8. The molecular weight excluding hydrogens is 317 g/mol. The molecule has 1 fully saturated rings. The second-order valence-electron chi connectivity index (χ2n) is 7.42. The first-order valence-corrected chi connectivity index (χ1v) is 8.75. The number of furan rings is 1. The number of aromatic nitrogens is 2. The van der Waals surface area contributed by atoms with Gasteiger partial charge < -0.3 is 8.98 Å². The van der Waals surface area contributed by atoms with Gasteiger partial charge in [-0.3, -0.25) is 4.90 Å². The quantitative estimate of drug-likeness (QED) is 0.730. The molecule has 0 N–H and O–H groups in total. The van der Waals surface area contributed by atoms with Crippen LogP contribution in [-0.4, -0.2) is 27.5 Å². The zero-order valence-electron chi connectivity index (χ0n) is 14.0. The number of rotatable bonds is 3. The predicted octanol–water partition coefficient (Wildman–Crippen LogP) is 3.73. The van der Waals surface area contributed by atoms with E-state index in [9.17, 15) is 4.39 Å². The van der Waals surface area contributed by atoms with Gasteiger partial charge in [0.05, 0.1) is 24.4 Å². The van der Waals surface area contributed by atoms with Crippen molar-refractivity contribution in [3.8, 4) is 11.3 Å². The number of fused-ring (bicyclic) bond motifs is 1. The summed E-state index contributed by atoms with van der Waals surface area (Å²) in [4.78, 5) is 7.16. The van der Waals surface area contributed by atoms with Crippen LogP contribution in [0.5, 0.6) is 0 Å². The van der Waals surface area contributed by atoms with Crippen LogP contribution in [0.2, 0.25) is 0 Å². The molecule has 4 heterocycles. The van der Waals surface area contributed by atoms with E-state index in [4.69, 9.17) is 4.42 Å². The zero-order chi connectivity index (χ0) is 16.9. The molecule has 3 aromatic rings. The standard InChI is InChI=1S/C20H20FN3O/c21-17-3-1-16(2-4-17)18-10-22-19-9-20(14-24(18)19)6-7-23(13-20)11-15-5-8-25-12-15/h1-5,8,10,12H,6-7,9,11,13-14H2/t20-/m0/s1. The van der Waals surface area contributed by atoms with Crippen LogP contribution >= 0.6 is 0 Å². The van der Waals surface area contributed by atoms with Crippen molar-refractivity contribution >= 4 is 0 Å². The van der Waals surface area contributed by atoms with E-state index in [1.165, 1.54) is 24.1 Å². The van der Waals surface area contributed by atoms with Crippen molar-refractivity contribution in [1.82, 2.24) is 14.5 Å². The van der Waals surface area contributed by atoms with Gasteiger partial charge in [-0.1, -0.05) is 0 Å².